The van der Waals surface area contributed by atoms with Crippen LogP contribution in [-0.4, -0.2) is 23.3 Å². The summed E-state index contributed by atoms with van der Waals surface area (Å²) in [5.74, 6) is -0.392. The van der Waals surface area contributed by atoms with E-state index in [1.165, 1.54) is 30.4 Å². The van der Waals surface area contributed by atoms with Gasteiger partial charge in [0, 0.05) is 30.3 Å². The molecule has 2 N–H and O–H groups in total. The Balaban J connectivity index is 1.80. The first-order chi connectivity index (χ1) is 12.0. The fourth-order valence-corrected chi connectivity index (χ4v) is 3.21. The second-order valence-electron chi connectivity index (χ2n) is 5.77. The molecule has 1 aromatic carbocycles. The quantitative estimate of drug-likeness (QED) is 0.699. The largest absolute Gasteiger partial charge is 0.356 e. The third kappa shape index (κ3) is 6.26. The van der Waals surface area contributed by atoms with Crippen LogP contribution in [0.5, 0.6) is 0 Å². The SMILES string of the molecule is CC(=O)NCCCCCC(=O)Nc1nc(-c2ccc(F)cc2)c(C)s1. The van der Waals surface area contributed by atoms with Crippen molar-refractivity contribution in [3.05, 3.63) is 35.0 Å². The van der Waals surface area contributed by atoms with Crippen LogP contribution in [0, 0.1) is 12.7 Å². The lowest BCUT2D eigenvalue weighted by molar-refractivity contribution is -0.119. The highest BCUT2D eigenvalue weighted by Crippen LogP contribution is 2.30. The number of thiazole rings is 1. The Bertz CT molecular complexity index is 728. The first kappa shape index (κ1) is 19.1. The normalized spacial score (nSPS) is 10.5. The molecule has 0 bridgehead atoms. The third-order valence-corrected chi connectivity index (χ3v) is 4.50. The maximum absolute atomic E-state index is 13.0. The van der Waals surface area contributed by atoms with E-state index >= 15 is 0 Å². The van der Waals surface area contributed by atoms with Crippen LogP contribution in [0.4, 0.5) is 9.52 Å². The number of amides is 2. The number of carbonyl (C=O) groups is 2. The lowest BCUT2D eigenvalue weighted by atomic mass is 10.1. The Labute approximate surface area is 150 Å². The number of unbranched alkanes of at least 4 members (excludes halogenated alkanes) is 2. The monoisotopic (exact) mass is 363 g/mol. The summed E-state index contributed by atoms with van der Waals surface area (Å²) in [6.45, 7) is 4.06. The Morgan fingerprint density at radius 3 is 2.56 bits per heavy atom. The molecular weight excluding hydrogens is 341 g/mol. The number of hydrogen-bond donors (Lipinski definition) is 2. The van der Waals surface area contributed by atoms with Gasteiger partial charge in [-0.2, -0.15) is 0 Å². The lowest BCUT2D eigenvalue weighted by Gasteiger charge is -2.03. The number of hydrogen-bond acceptors (Lipinski definition) is 4. The molecule has 0 aliphatic rings. The van der Waals surface area contributed by atoms with E-state index in [2.05, 4.69) is 15.6 Å². The standard InChI is InChI=1S/C18H22FN3O2S/c1-12-17(14-7-9-15(19)10-8-14)22-18(25-12)21-16(24)6-4-3-5-11-20-13(2)23/h7-10H,3-6,11H2,1-2H3,(H,20,23)(H,21,22,24). The third-order valence-electron chi connectivity index (χ3n) is 3.62. The van der Waals surface area contributed by atoms with Gasteiger partial charge in [0.1, 0.15) is 5.82 Å². The molecule has 0 atom stereocenters. The van der Waals surface area contributed by atoms with Crippen molar-refractivity contribution < 1.29 is 14.0 Å². The van der Waals surface area contributed by atoms with Crippen LogP contribution in [0.3, 0.4) is 0 Å². The smallest absolute Gasteiger partial charge is 0.226 e. The van der Waals surface area contributed by atoms with Crippen LogP contribution in [-0.2, 0) is 9.59 Å². The molecule has 0 saturated carbocycles. The average Bonchev–Trinajstić information content (AvgIpc) is 2.91. The predicted octanol–water partition coefficient (Wildman–Crippen LogP) is 3.89. The maximum Gasteiger partial charge on any atom is 0.226 e. The number of nitrogens with one attached hydrogen (secondary N) is 2. The molecule has 1 aromatic heterocycles. The molecule has 2 aromatic rings. The van der Waals surface area contributed by atoms with Crippen LogP contribution in [0.15, 0.2) is 24.3 Å². The topological polar surface area (TPSA) is 71.1 Å². The number of rotatable bonds is 8. The Hall–Kier alpha value is -2.28. The van der Waals surface area contributed by atoms with Crippen molar-refractivity contribution in [3.8, 4) is 11.3 Å². The summed E-state index contributed by atoms with van der Waals surface area (Å²) in [6, 6.07) is 6.15. The molecule has 2 amide bonds. The highest BCUT2D eigenvalue weighted by Gasteiger charge is 2.12. The molecule has 1 heterocycles. The Morgan fingerprint density at radius 1 is 1.16 bits per heavy atom. The van der Waals surface area contributed by atoms with E-state index in [-0.39, 0.29) is 17.6 Å². The van der Waals surface area contributed by atoms with Crippen molar-refractivity contribution in [2.45, 2.75) is 39.5 Å². The summed E-state index contributed by atoms with van der Waals surface area (Å²) < 4.78 is 13.0. The summed E-state index contributed by atoms with van der Waals surface area (Å²) in [5.41, 5.74) is 1.59. The van der Waals surface area contributed by atoms with Gasteiger partial charge in [0.25, 0.3) is 0 Å². The summed E-state index contributed by atoms with van der Waals surface area (Å²) in [6.07, 6.45) is 2.93. The molecule has 25 heavy (non-hydrogen) atoms. The lowest BCUT2D eigenvalue weighted by Crippen LogP contribution is -2.20. The summed E-state index contributed by atoms with van der Waals surface area (Å²) in [7, 11) is 0. The van der Waals surface area contributed by atoms with Crippen LogP contribution in [0.1, 0.15) is 37.5 Å². The van der Waals surface area contributed by atoms with Crippen molar-refractivity contribution in [2.75, 3.05) is 11.9 Å². The minimum Gasteiger partial charge on any atom is -0.356 e. The zero-order chi connectivity index (χ0) is 18.2. The van der Waals surface area contributed by atoms with Gasteiger partial charge in [0.05, 0.1) is 5.69 Å². The second-order valence-corrected chi connectivity index (χ2v) is 6.98. The Kier molecular flexibility index (Phi) is 7.06. The van der Waals surface area contributed by atoms with Crippen LogP contribution >= 0.6 is 11.3 Å². The van der Waals surface area contributed by atoms with Gasteiger partial charge in [-0.25, -0.2) is 9.37 Å². The van der Waals surface area contributed by atoms with Crippen LogP contribution in [0.2, 0.25) is 0 Å². The molecule has 0 spiro atoms. The van der Waals surface area contributed by atoms with E-state index in [1.54, 1.807) is 12.1 Å². The maximum atomic E-state index is 13.0. The predicted molar refractivity (Wildman–Crippen MR) is 98.0 cm³/mol. The van der Waals surface area contributed by atoms with Crippen molar-refractivity contribution >= 4 is 28.3 Å². The summed E-state index contributed by atoms with van der Waals surface area (Å²) in [4.78, 5) is 28.1. The first-order valence-electron chi connectivity index (χ1n) is 8.23. The Morgan fingerprint density at radius 2 is 1.88 bits per heavy atom. The summed E-state index contributed by atoms with van der Waals surface area (Å²) in [5, 5.41) is 6.10. The van der Waals surface area contributed by atoms with E-state index in [0.717, 1.165) is 35.4 Å². The van der Waals surface area contributed by atoms with Crippen molar-refractivity contribution in [1.82, 2.24) is 10.3 Å². The fourth-order valence-electron chi connectivity index (χ4n) is 2.36. The average molecular weight is 363 g/mol. The highest BCUT2D eigenvalue weighted by molar-refractivity contribution is 7.16. The number of benzene rings is 1. The zero-order valence-corrected chi connectivity index (χ0v) is 15.2. The van der Waals surface area contributed by atoms with E-state index < -0.39 is 0 Å². The molecule has 0 aliphatic carbocycles. The van der Waals surface area contributed by atoms with Crippen molar-refractivity contribution in [3.63, 3.8) is 0 Å². The van der Waals surface area contributed by atoms with E-state index in [9.17, 15) is 14.0 Å². The minimum absolute atomic E-state index is 0.0335. The number of carbonyl (C=O) groups excluding carboxylic acids is 2. The molecule has 0 radical (unpaired) electrons. The molecule has 0 fully saturated rings. The summed E-state index contributed by atoms with van der Waals surface area (Å²) >= 11 is 1.41. The number of halogens is 1. The van der Waals surface area contributed by atoms with Gasteiger partial charge in [-0.15, -0.1) is 11.3 Å². The van der Waals surface area contributed by atoms with Gasteiger partial charge in [-0.05, 0) is 44.0 Å². The van der Waals surface area contributed by atoms with E-state index in [1.807, 2.05) is 6.92 Å². The second kappa shape index (κ2) is 9.27. The number of anilines is 1. The molecule has 2 rings (SSSR count). The molecule has 0 aliphatic heterocycles. The van der Waals surface area contributed by atoms with Crippen LogP contribution < -0.4 is 10.6 Å². The molecule has 134 valence electrons. The molecule has 0 saturated heterocycles. The highest BCUT2D eigenvalue weighted by atomic mass is 32.1. The molecule has 5 nitrogen and oxygen atoms in total. The van der Waals surface area contributed by atoms with Gasteiger partial charge in [0.15, 0.2) is 5.13 Å². The van der Waals surface area contributed by atoms with Crippen LogP contribution in [0.25, 0.3) is 11.3 Å². The zero-order valence-electron chi connectivity index (χ0n) is 14.4. The van der Waals surface area contributed by atoms with E-state index in [0.29, 0.717) is 18.1 Å². The molecular formula is C18H22FN3O2S. The van der Waals surface area contributed by atoms with Crippen molar-refractivity contribution in [1.29, 1.82) is 0 Å². The van der Waals surface area contributed by atoms with Crippen molar-refractivity contribution in [2.24, 2.45) is 0 Å². The number of aryl methyl sites for hydroxylation is 1. The van der Waals surface area contributed by atoms with Gasteiger partial charge in [-0.3, -0.25) is 9.59 Å². The number of nitrogens with zero attached hydrogens (tertiary/aromatic N) is 1. The van der Waals surface area contributed by atoms with Gasteiger partial charge in [-0.1, -0.05) is 6.42 Å². The molecule has 7 heteroatoms. The van der Waals surface area contributed by atoms with Gasteiger partial charge < -0.3 is 10.6 Å². The minimum atomic E-state index is -0.288. The first-order valence-corrected chi connectivity index (χ1v) is 9.05. The molecule has 0 unspecified atom stereocenters. The van der Waals surface area contributed by atoms with Gasteiger partial charge >= 0.3 is 0 Å². The fraction of sp³-hybridized carbons (Fsp3) is 0.389. The number of aromatic nitrogens is 1. The van der Waals surface area contributed by atoms with Gasteiger partial charge in [0.2, 0.25) is 11.8 Å². The van der Waals surface area contributed by atoms with E-state index in [4.69, 9.17) is 0 Å².